The van der Waals surface area contributed by atoms with Gasteiger partial charge in [-0.05, 0) is 70.8 Å². The molecule has 2 rings (SSSR count). The third kappa shape index (κ3) is 4.09. The molecular formula is C14H14INO. The lowest BCUT2D eigenvalue weighted by atomic mass is 10.0. The van der Waals surface area contributed by atoms with E-state index >= 15 is 0 Å². The molecule has 0 aliphatic carbocycles. The monoisotopic (exact) mass is 339 g/mol. The van der Waals surface area contributed by atoms with E-state index in [-0.39, 0.29) is 6.10 Å². The van der Waals surface area contributed by atoms with E-state index in [1.54, 1.807) is 12.4 Å². The van der Waals surface area contributed by atoms with Gasteiger partial charge in [0.1, 0.15) is 0 Å². The molecule has 17 heavy (non-hydrogen) atoms. The molecule has 0 aliphatic heterocycles. The van der Waals surface area contributed by atoms with Crippen LogP contribution in [0.25, 0.3) is 0 Å². The largest absolute Gasteiger partial charge is 0.392 e. The van der Waals surface area contributed by atoms with Gasteiger partial charge in [0.05, 0.1) is 6.10 Å². The molecule has 0 fully saturated rings. The van der Waals surface area contributed by atoms with Crippen LogP contribution in [0.15, 0.2) is 48.8 Å². The molecule has 2 nitrogen and oxygen atoms in total. The first kappa shape index (κ1) is 12.5. The number of hydrogen-bond acceptors (Lipinski definition) is 2. The average molecular weight is 339 g/mol. The first-order valence-corrected chi connectivity index (χ1v) is 6.63. The predicted octanol–water partition coefficient (Wildman–Crippen LogP) is 2.83. The number of rotatable bonds is 4. The molecule has 0 aliphatic rings. The normalized spacial score (nSPS) is 12.4. The number of pyridine rings is 1. The zero-order valence-electron chi connectivity index (χ0n) is 9.38. The van der Waals surface area contributed by atoms with Crippen molar-refractivity contribution in [3.05, 3.63) is 63.5 Å². The smallest absolute Gasteiger partial charge is 0.0620 e. The molecule has 0 saturated carbocycles. The van der Waals surface area contributed by atoms with Gasteiger partial charge in [0.15, 0.2) is 0 Å². The van der Waals surface area contributed by atoms with E-state index in [2.05, 4.69) is 51.8 Å². The van der Waals surface area contributed by atoms with E-state index in [0.29, 0.717) is 12.8 Å². The van der Waals surface area contributed by atoms with Gasteiger partial charge >= 0.3 is 0 Å². The maximum atomic E-state index is 10.0. The van der Waals surface area contributed by atoms with Gasteiger partial charge < -0.3 is 5.11 Å². The van der Waals surface area contributed by atoms with E-state index in [1.807, 2.05) is 12.1 Å². The molecule has 0 amide bonds. The topological polar surface area (TPSA) is 33.1 Å². The van der Waals surface area contributed by atoms with Crippen molar-refractivity contribution < 1.29 is 5.11 Å². The highest BCUT2D eigenvalue weighted by molar-refractivity contribution is 14.1. The summed E-state index contributed by atoms with van der Waals surface area (Å²) in [4.78, 5) is 3.96. The third-order valence-electron chi connectivity index (χ3n) is 2.61. The highest BCUT2D eigenvalue weighted by atomic mass is 127. The maximum Gasteiger partial charge on any atom is 0.0620 e. The summed E-state index contributed by atoms with van der Waals surface area (Å²) < 4.78 is 1.22. The van der Waals surface area contributed by atoms with Crippen LogP contribution in [0, 0.1) is 3.57 Å². The average Bonchev–Trinajstić information content (AvgIpc) is 2.33. The van der Waals surface area contributed by atoms with Crippen LogP contribution in [0.4, 0.5) is 0 Å². The Labute approximate surface area is 115 Å². The van der Waals surface area contributed by atoms with Crippen molar-refractivity contribution in [2.45, 2.75) is 18.9 Å². The molecule has 1 N–H and O–H groups in total. The van der Waals surface area contributed by atoms with Gasteiger partial charge in [-0.1, -0.05) is 12.1 Å². The van der Waals surface area contributed by atoms with Crippen molar-refractivity contribution in [1.82, 2.24) is 4.98 Å². The number of aromatic nitrogens is 1. The van der Waals surface area contributed by atoms with Crippen LogP contribution in [-0.4, -0.2) is 16.2 Å². The molecule has 1 heterocycles. The Bertz CT molecular complexity index is 455. The van der Waals surface area contributed by atoms with Gasteiger partial charge in [-0.2, -0.15) is 0 Å². The number of aliphatic hydroxyl groups excluding tert-OH is 1. The second-order valence-electron chi connectivity index (χ2n) is 4.04. The minimum atomic E-state index is -0.336. The molecule has 0 saturated heterocycles. The molecule has 0 radical (unpaired) electrons. The fourth-order valence-corrected chi connectivity index (χ4v) is 2.12. The summed E-state index contributed by atoms with van der Waals surface area (Å²) in [5.74, 6) is 0. The van der Waals surface area contributed by atoms with Crippen LogP contribution < -0.4 is 0 Å². The van der Waals surface area contributed by atoms with Gasteiger partial charge in [0.25, 0.3) is 0 Å². The van der Waals surface area contributed by atoms with Crippen LogP contribution in [0.5, 0.6) is 0 Å². The molecule has 1 atom stereocenters. The number of halogens is 1. The highest BCUT2D eigenvalue weighted by Gasteiger charge is 2.06. The lowest BCUT2D eigenvalue weighted by Gasteiger charge is -2.10. The van der Waals surface area contributed by atoms with Gasteiger partial charge in [-0.3, -0.25) is 4.98 Å². The number of hydrogen-bond donors (Lipinski definition) is 1. The Hall–Kier alpha value is -0.940. The lowest BCUT2D eigenvalue weighted by molar-refractivity contribution is 0.175. The van der Waals surface area contributed by atoms with Crippen LogP contribution in [-0.2, 0) is 12.8 Å². The van der Waals surface area contributed by atoms with Crippen molar-refractivity contribution in [2.24, 2.45) is 0 Å². The van der Waals surface area contributed by atoms with Crippen LogP contribution in [0.1, 0.15) is 11.1 Å². The zero-order chi connectivity index (χ0) is 12.1. The summed E-state index contributed by atoms with van der Waals surface area (Å²) >= 11 is 2.28. The molecule has 1 aromatic carbocycles. The Kier molecular flexibility index (Phi) is 4.50. The van der Waals surface area contributed by atoms with Crippen molar-refractivity contribution in [3.8, 4) is 0 Å². The summed E-state index contributed by atoms with van der Waals surface area (Å²) in [5.41, 5.74) is 2.30. The first-order chi connectivity index (χ1) is 8.24. The molecule has 3 heteroatoms. The van der Waals surface area contributed by atoms with E-state index in [9.17, 15) is 5.11 Å². The van der Waals surface area contributed by atoms with Crippen LogP contribution >= 0.6 is 22.6 Å². The zero-order valence-corrected chi connectivity index (χ0v) is 11.5. The van der Waals surface area contributed by atoms with Crippen molar-refractivity contribution >= 4 is 22.6 Å². The summed E-state index contributed by atoms with van der Waals surface area (Å²) in [6, 6.07) is 12.1. The summed E-state index contributed by atoms with van der Waals surface area (Å²) in [7, 11) is 0. The fourth-order valence-electron chi connectivity index (χ4n) is 1.76. The number of nitrogens with zero attached hydrogens (tertiary/aromatic N) is 1. The molecular weight excluding hydrogens is 325 g/mol. The van der Waals surface area contributed by atoms with Crippen molar-refractivity contribution in [1.29, 1.82) is 0 Å². The highest BCUT2D eigenvalue weighted by Crippen LogP contribution is 2.11. The molecule has 2 aromatic rings. The maximum absolute atomic E-state index is 10.0. The molecule has 1 unspecified atom stereocenters. The second-order valence-corrected chi connectivity index (χ2v) is 5.29. The quantitative estimate of drug-likeness (QED) is 0.869. The Morgan fingerprint density at radius 3 is 2.06 bits per heavy atom. The molecule has 0 bridgehead atoms. The minimum Gasteiger partial charge on any atom is -0.392 e. The van der Waals surface area contributed by atoms with Crippen LogP contribution in [0.3, 0.4) is 0 Å². The minimum absolute atomic E-state index is 0.336. The number of benzene rings is 1. The third-order valence-corrected chi connectivity index (χ3v) is 3.32. The van der Waals surface area contributed by atoms with E-state index in [4.69, 9.17) is 0 Å². The first-order valence-electron chi connectivity index (χ1n) is 5.55. The lowest BCUT2D eigenvalue weighted by Crippen LogP contribution is -2.13. The summed E-state index contributed by atoms with van der Waals surface area (Å²) in [6.45, 7) is 0. The summed E-state index contributed by atoms with van der Waals surface area (Å²) in [6.07, 6.45) is 4.55. The second kappa shape index (κ2) is 6.12. The van der Waals surface area contributed by atoms with E-state index < -0.39 is 0 Å². The Morgan fingerprint density at radius 2 is 1.47 bits per heavy atom. The molecule has 0 spiro atoms. The SMILES string of the molecule is OC(Cc1ccncc1)Cc1ccc(I)cc1. The summed E-state index contributed by atoms with van der Waals surface area (Å²) in [5, 5.41) is 10.0. The molecule has 88 valence electrons. The standard InChI is InChI=1S/C14H14INO/c15-13-3-1-11(2-4-13)9-14(17)10-12-5-7-16-8-6-12/h1-8,14,17H,9-10H2. The Morgan fingerprint density at radius 1 is 0.941 bits per heavy atom. The fraction of sp³-hybridized carbons (Fsp3) is 0.214. The Balaban J connectivity index is 1.93. The van der Waals surface area contributed by atoms with Crippen molar-refractivity contribution in [3.63, 3.8) is 0 Å². The van der Waals surface area contributed by atoms with E-state index in [0.717, 1.165) is 5.56 Å². The molecule has 1 aromatic heterocycles. The van der Waals surface area contributed by atoms with Gasteiger partial charge in [-0.25, -0.2) is 0 Å². The van der Waals surface area contributed by atoms with E-state index in [1.165, 1.54) is 9.13 Å². The predicted molar refractivity (Wildman–Crippen MR) is 76.8 cm³/mol. The van der Waals surface area contributed by atoms with Gasteiger partial charge in [-0.15, -0.1) is 0 Å². The van der Waals surface area contributed by atoms with Crippen LogP contribution in [0.2, 0.25) is 0 Å². The van der Waals surface area contributed by atoms with Gasteiger partial charge in [0.2, 0.25) is 0 Å². The van der Waals surface area contributed by atoms with Crippen molar-refractivity contribution in [2.75, 3.05) is 0 Å². The van der Waals surface area contributed by atoms with Gasteiger partial charge in [0, 0.05) is 16.0 Å². The number of aliphatic hydroxyl groups is 1.